The molecule has 0 unspecified atom stereocenters. The molecular formula is C23H33N7O. The molecule has 1 fully saturated rings. The summed E-state index contributed by atoms with van der Waals surface area (Å²) in [5, 5.41) is 30.0. The largest absolute Gasteiger partial charge is 0.507 e. The quantitative estimate of drug-likeness (QED) is 0.464. The van der Waals surface area contributed by atoms with Gasteiger partial charge >= 0.3 is 0 Å². The van der Waals surface area contributed by atoms with Crippen LogP contribution < -0.4 is 16.8 Å². The van der Waals surface area contributed by atoms with Gasteiger partial charge in [0, 0.05) is 40.7 Å². The van der Waals surface area contributed by atoms with Gasteiger partial charge < -0.3 is 27.3 Å². The Bertz CT molecular complexity index is 995. The van der Waals surface area contributed by atoms with Crippen LogP contribution in [0.15, 0.2) is 30.5 Å². The first-order chi connectivity index (χ1) is 14.5. The molecule has 8 nitrogen and oxygen atoms in total. The molecule has 0 aliphatic carbocycles. The van der Waals surface area contributed by atoms with Crippen molar-refractivity contribution in [1.29, 1.82) is 5.41 Å². The first-order valence-electron chi connectivity index (χ1n) is 10.4. The average Bonchev–Trinajstić information content (AvgIpc) is 2.68. The maximum atomic E-state index is 10.5. The molecule has 0 spiro atoms. The van der Waals surface area contributed by atoms with Crippen molar-refractivity contribution in [3.05, 3.63) is 36.0 Å². The highest BCUT2D eigenvalue weighted by atomic mass is 16.3. The smallest absolute Gasteiger partial charge is 0.172 e. The zero-order valence-electron chi connectivity index (χ0n) is 18.9. The standard InChI is InChI=1S/C23H33N7O/c1-22(2)10-16(11-23(3,4)30(22)5)27-21-18(26)9-19(28-29-21)17-7-6-14(8-20(17)31)15(12-24)13-25/h6-9,12-13,16,24,31H,10-11,25H2,1-5H3,(H2,26,28)(H,27,29)/b15-13+,24-12?. The Balaban J connectivity index is 1.83. The van der Waals surface area contributed by atoms with Crippen LogP contribution in [0, 0.1) is 5.41 Å². The minimum atomic E-state index is 0.0203. The van der Waals surface area contributed by atoms with Crippen LogP contribution in [0.3, 0.4) is 0 Å². The lowest BCUT2D eigenvalue weighted by molar-refractivity contribution is -0.00773. The second-order valence-corrected chi connectivity index (χ2v) is 9.47. The van der Waals surface area contributed by atoms with Crippen molar-refractivity contribution in [2.75, 3.05) is 18.1 Å². The van der Waals surface area contributed by atoms with Crippen LogP contribution in [0.5, 0.6) is 5.75 Å². The Morgan fingerprint density at radius 3 is 2.35 bits per heavy atom. The summed E-state index contributed by atoms with van der Waals surface area (Å²) in [6, 6.07) is 6.97. The van der Waals surface area contributed by atoms with E-state index in [1.807, 2.05) is 0 Å². The normalized spacial score (nSPS) is 19.2. The van der Waals surface area contributed by atoms with Gasteiger partial charge in [-0.15, -0.1) is 10.2 Å². The molecule has 31 heavy (non-hydrogen) atoms. The third kappa shape index (κ3) is 4.49. The van der Waals surface area contributed by atoms with Crippen LogP contribution in [-0.4, -0.2) is 50.6 Å². The van der Waals surface area contributed by atoms with Gasteiger partial charge in [-0.25, -0.2) is 0 Å². The predicted octanol–water partition coefficient (Wildman–Crippen LogP) is 3.44. The number of aromatic nitrogens is 2. The van der Waals surface area contributed by atoms with E-state index in [2.05, 4.69) is 55.2 Å². The molecule has 1 aromatic heterocycles. The monoisotopic (exact) mass is 423 g/mol. The minimum absolute atomic E-state index is 0.0203. The van der Waals surface area contributed by atoms with E-state index in [4.69, 9.17) is 16.9 Å². The van der Waals surface area contributed by atoms with E-state index < -0.39 is 0 Å². The van der Waals surface area contributed by atoms with Gasteiger partial charge in [0.2, 0.25) is 0 Å². The van der Waals surface area contributed by atoms with E-state index in [0.29, 0.717) is 33.9 Å². The number of aromatic hydroxyl groups is 1. The van der Waals surface area contributed by atoms with Crippen molar-refractivity contribution in [3.63, 3.8) is 0 Å². The molecule has 0 amide bonds. The molecule has 7 N–H and O–H groups in total. The number of nitrogens with one attached hydrogen (secondary N) is 2. The van der Waals surface area contributed by atoms with Gasteiger partial charge in [-0.05, 0) is 71.3 Å². The van der Waals surface area contributed by atoms with Gasteiger partial charge in [0.15, 0.2) is 5.82 Å². The highest BCUT2D eigenvalue weighted by molar-refractivity contribution is 6.08. The molecule has 0 radical (unpaired) electrons. The summed E-state index contributed by atoms with van der Waals surface area (Å²) in [5.41, 5.74) is 14.5. The van der Waals surface area contributed by atoms with E-state index in [1.54, 1.807) is 24.3 Å². The van der Waals surface area contributed by atoms with Gasteiger partial charge in [0.25, 0.3) is 0 Å². The molecule has 2 aromatic rings. The topological polar surface area (TPSA) is 137 Å². The number of phenols is 1. The van der Waals surface area contributed by atoms with Crippen LogP contribution in [0.25, 0.3) is 16.8 Å². The zero-order valence-corrected chi connectivity index (χ0v) is 18.9. The molecule has 1 aliphatic heterocycles. The number of nitrogens with two attached hydrogens (primary N) is 2. The number of benzene rings is 1. The molecule has 3 rings (SSSR count). The van der Waals surface area contributed by atoms with Gasteiger partial charge in [0.1, 0.15) is 5.75 Å². The Kier molecular flexibility index (Phi) is 5.96. The fourth-order valence-electron chi connectivity index (χ4n) is 4.47. The fourth-order valence-corrected chi connectivity index (χ4v) is 4.47. The molecule has 0 bridgehead atoms. The molecular weight excluding hydrogens is 390 g/mol. The number of nitrogen functional groups attached to an aromatic ring is 1. The highest BCUT2D eigenvalue weighted by Gasteiger charge is 2.43. The number of anilines is 2. The SMILES string of the molecule is CN1C(C)(C)CC(Nc2nnc(-c3ccc(/C(C=N)=C/N)cc3O)cc2N)CC1(C)C. The first-order valence-corrected chi connectivity index (χ1v) is 10.4. The second kappa shape index (κ2) is 8.19. The number of piperidine rings is 1. The van der Waals surface area contributed by atoms with Crippen LogP contribution in [0.2, 0.25) is 0 Å². The summed E-state index contributed by atoms with van der Waals surface area (Å²) in [6.07, 6.45) is 4.38. The maximum absolute atomic E-state index is 10.5. The van der Waals surface area contributed by atoms with Crippen molar-refractivity contribution >= 4 is 23.3 Å². The van der Waals surface area contributed by atoms with Crippen molar-refractivity contribution in [2.45, 2.75) is 57.7 Å². The molecule has 8 heteroatoms. The predicted molar refractivity (Wildman–Crippen MR) is 127 cm³/mol. The second-order valence-electron chi connectivity index (χ2n) is 9.47. The van der Waals surface area contributed by atoms with E-state index >= 15 is 0 Å². The summed E-state index contributed by atoms with van der Waals surface area (Å²) < 4.78 is 0. The summed E-state index contributed by atoms with van der Waals surface area (Å²) in [4.78, 5) is 2.42. The molecule has 0 saturated carbocycles. The van der Waals surface area contributed by atoms with Gasteiger partial charge in [-0.3, -0.25) is 4.90 Å². The molecule has 1 saturated heterocycles. The summed E-state index contributed by atoms with van der Waals surface area (Å²) in [6.45, 7) is 8.99. The van der Waals surface area contributed by atoms with E-state index in [9.17, 15) is 5.11 Å². The number of hydrogen-bond donors (Lipinski definition) is 5. The Morgan fingerprint density at radius 2 is 1.84 bits per heavy atom. The number of likely N-dealkylation sites (tertiary alicyclic amines) is 1. The van der Waals surface area contributed by atoms with Crippen molar-refractivity contribution in [3.8, 4) is 17.0 Å². The molecule has 0 atom stereocenters. The molecule has 2 heterocycles. The average molecular weight is 424 g/mol. The summed E-state index contributed by atoms with van der Waals surface area (Å²) in [5.74, 6) is 0.574. The fraction of sp³-hybridized carbons (Fsp3) is 0.435. The Morgan fingerprint density at radius 1 is 1.19 bits per heavy atom. The van der Waals surface area contributed by atoms with Crippen LogP contribution in [0.4, 0.5) is 11.5 Å². The lowest BCUT2D eigenvalue weighted by Gasteiger charge is -2.53. The van der Waals surface area contributed by atoms with Crippen LogP contribution in [0.1, 0.15) is 46.1 Å². The molecule has 1 aromatic carbocycles. The number of nitrogens with zero attached hydrogens (tertiary/aromatic N) is 3. The maximum Gasteiger partial charge on any atom is 0.172 e. The van der Waals surface area contributed by atoms with Gasteiger partial charge in [-0.1, -0.05) is 6.07 Å². The minimum Gasteiger partial charge on any atom is -0.507 e. The Labute approximate surface area is 183 Å². The summed E-state index contributed by atoms with van der Waals surface area (Å²) in [7, 11) is 2.17. The van der Waals surface area contributed by atoms with Crippen molar-refractivity contribution < 1.29 is 5.11 Å². The lowest BCUT2D eigenvalue weighted by atomic mass is 9.77. The van der Waals surface area contributed by atoms with Crippen LogP contribution in [-0.2, 0) is 0 Å². The number of rotatable bonds is 5. The highest BCUT2D eigenvalue weighted by Crippen LogP contribution is 2.38. The van der Waals surface area contributed by atoms with Crippen molar-refractivity contribution in [1.82, 2.24) is 15.1 Å². The number of allylic oxidation sites excluding steroid dienone is 1. The van der Waals surface area contributed by atoms with Gasteiger partial charge in [-0.2, -0.15) is 0 Å². The molecule has 1 aliphatic rings. The number of hydrogen-bond acceptors (Lipinski definition) is 8. The summed E-state index contributed by atoms with van der Waals surface area (Å²) >= 11 is 0. The number of phenolic OH excluding ortho intramolecular Hbond substituents is 1. The van der Waals surface area contributed by atoms with E-state index in [1.165, 1.54) is 6.20 Å². The third-order valence-electron chi connectivity index (χ3n) is 6.41. The van der Waals surface area contributed by atoms with Crippen LogP contribution >= 0.6 is 0 Å². The third-order valence-corrected chi connectivity index (χ3v) is 6.41. The first kappa shape index (κ1) is 22.6. The van der Waals surface area contributed by atoms with Gasteiger partial charge in [0.05, 0.1) is 11.4 Å². The Hall–Kier alpha value is -3.13. The zero-order chi connectivity index (χ0) is 23.0. The van der Waals surface area contributed by atoms with Crippen molar-refractivity contribution in [2.24, 2.45) is 5.73 Å². The van der Waals surface area contributed by atoms with E-state index in [0.717, 1.165) is 19.1 Å². The van der Waals surface area contributed by atoms with E-state index in [-0.39, 0.29) is 22.9 Å². The lowest BCUT2D eigenvalue weighted by Crippen LogP contribution is -2.61. The molecule has 166 valence electrons.